The van der Waals surface area contributed by atoms with Crippen molar-refractivity contribution < 1.29 is 19.1 Å². The molecule has 1 aromatic heterocycles. The molecule has 12 heteroatoms. The minimum atomic E-state index is -0.911. The maximum atomic E-state index is 13.1. The molecule has 0 spiro atoms. The number of imidazole rings is 1. The molecule has 3 N–H and O–H groups in total. The molecule has 0 radical (unpaired) electrons. The smallest absolute Gasteiger partial charge is 0.328 e. The van der Waals surface area contributed by atoms with Crippen molar-refractivity contribution in [1.29, 1.82) is 0 Å². The highest BCUT2D eigenvalue weighted by Gasteiger charge is 2.28. The van der Waals surface area contributed by atoms with Crippen LogP contribution in [-0.2, 0) is 32.0 Å². The highest BCUT2D eigenvalue weighted by Crippen LogP contribution is 2.16. The fraction of sp³-hybridized carbons (Fsp3) is 0.520. The summed E-state index contributed by atoms with van der Waals surface area (Å²) in [5, 5.41) is 5.55. The molecule has 0 aliphatic rings. The monoisotopic (exact) mass is 575 g/mol. The Morgan fingerprint density at radius 3 is 2.22 bits per heavy atom. The molecule has 0 fully saturated rings. The van der Waals surface area contributed by atoms with E-state index in [0.717, 1.165) is 11.3 Å². The number of aromatic nitrogens is 2. The maximum absolute atomic E-state index is 13.1. The van der Waals surface area contributed by atoms with Gasteiger partial charge < -0.3 is 25.3 Å². The van der Waals surface area contributed by atoms with Crippen LogP contribution in [0.25, 0.3) is 0 Å². The summed E-state index contributed by atoms with van der Waals surface area (Å²) in [4.78, 5) is 47.1. The Bertz CT molecular complexity index is 952. The summed E-state index contributed by atoms with van der Waals surface area (Å²) in [5.41, 5.74) is 2.46. The Morgan fingerprint density at radius 1 is 1.05 bits per heavy atom. The Labute approximate surface area is 234 Å². The number of carbonyl (C=O) groups excluding carboxylic acids is 3. The van der Waals surface area contributed by atoms with Crippen LogP contribution in [0.2, 0.25) is 0 Å². The highest BCUT2D eigenvalue weighted by atomic mass is 35.5. The fourth-order valence-electron chi connectivity index (χ4n) is 3.76. The lowest BCUT2D eigenvalue weighted by atomic mass is 10.0. The third kappa shape index (κ3) is 11.2. The lowest BCUT2D eigenvalue weighted by Crippen LogP contribution is -2.53. The topological polar surface area (TPSA) is 116 Å². The van der Waals surface area contributed by atoms with E-state index >= 15 is 0 Å². The summed E-state index contributed by atoms with van der Waals surface area (Å²) in [6, 6.07) is 5.89. The zero-order chi connectivity index (χ0) is 26.5. The van der Waals surface area contributed by atoms with Crippen LogP contribution in [0.15, 0.2) is 36.8 Å². The molecule has 2 aromatic rings. The number of H-pyrrole nitrogens is 1. The molecule has 0 unspecified atom stereocenters. The normalized spacial score (nSPS) is 12.3. The number of hydrogen-bond donors (Lipinski definition) is 3. The van der Waals surface area contributed by atoms with Crippen LogP contribution < -0.4 is 15.5 Å². The number of benzene rings is 1. The van der Waals surface area contributed by atoms with Gasteiger partial charge in [-0.2, -0.15) is 0 Å². The van der Waals surface area contributed by atoms with E-state index in [1.165, 1.54) is 13.4 Å². The summed E-state index contributed by atoms with van der Waals surface area (Å²) in [5.74, 6) is -0.201. The third-order valence-electron chi connectivity index (χ3n) is 5.51. The Kier molecular flexibility index (Phi) is 15.0. The number of rotatable bonds is 15. The number of hydrogen-bond acceptors (Lipinski definition) is 6. The number of halogens is 3. The number of nitrogens with one attached hydrogen (secondary N) is 3. The lowest BCUT2D eigenvalue weighted by Gasteiger charge is -2.24. The molecule has 2 rings (SSSR count). The van der Waals surface area contributed by atoms with E-state index in [9.17, 15) is 14.4 Å². The van der Waals surface area contributed by atoms with E-state index < -0.39 is 24.0 Å². The number of alkyl halides is 2. The van der Waals surface area contributed by atoms with Crippen molar-refractivity contribution in [2.75, 3.05) is 36.9 Å². The molecule has 0 saturated carbocycles. The van der Waals surface area contributed by atoms with E-state index in [2.05, 4.69) is 25.5 Å². The number of ether oxygens (including phenoxy) is 1. The first-order chi connectivity index (χ1) is 17.3. The largest absolute Gasteiger partial charge is 0.467 e. The molecule has 0 bridgehead atoms. The van der Waals surface area contributed by atoms with Gasteiger partial charge in [0, 0.05) is 48.8 Å². The number of carbonyl (C=O) groups is 3. The fourth-order valence-corrected chi connectivity index (χ4v) is 4.16. The molecule has 1 heterocycles. The van der Waals surface area contributed by atoms with Crippen LogP contribution in [0, 0.1) is 5.92 Å². The van der Waals surface area contributed by atoms with Crippen molar-refractivity contribution in [1.82, 2.24) is 20.6 Å². The minimum absolute atomic E-state index is 0. The molecule has 0 saturated heterocycles. The highest BCUT2D eigenvalue weighted by molar-refractivity contribution is 6.18. The van der Waals surface area contributed by atoms with Gasteiger partial charge >= 0.3 is 5.97 Å². The number of nitrogens with zero attached hydrogens (tertiary/aromatic N) is 2. The first-order valence-corrected chi connectivity index (χ1v) is 12.9. The quantitative estimate of drug-likeness (QED) is 0.222. The van der Waals surface area contributed by atoms with Gasteiger partial charge in [0.05, 0.1) is 19.9 Å². The van der Waals surface area contributed by atoms with Gasteiger partial charge in [-0.3, -0.25) is 9.59 Å². The number of methoxy groups -OCH3 is 1. The Balaban J connectivity index is 0.00000684. The lowest BCUT2D eigenvalue weighted by molar-refractivity contribution is -0.145. The van der Waals surface area contributed by atoms with Crippen molar-refractivity contribution in [3.05, 3.63) is 48.0 Å². The maximum Gasteiger partial charge on any atom is 0.328 e. The van der Waals surface area contributed by atoms with E-state index in [4.69, 9.17) is 27.9 Å². The molecule has 2 amide bonds. The molecule has 37 heavy (non-hydrogen) atoms. The van der Waals surface area contributed by atoms with E-state index in [0.29, 0.717) is 37.0 Å². The molecule has 0 aliphatic heterocycles. The van der Waals surface area contributed by atoms with Crippen LogP contribution in [0.1, 0.15) is 31.5 Å². The van der Waals surface area contributed by atoms with E-state index in [1.54, 1.807) is 6.20 Å². The van der Waals surface area contributed by atoms with Gasteiger partial charge in [-0.05, 0) is 30.0 Å². The van der Waals surface area contributed by atoms with Gasteiger partial charge in [-0.1, -0.05) is 26.0 Å². The number of esters is 1. The van der Waals surface area contributed by atoms with Crippen LogP contribution in [-0.4, -0.2) is 71.8 Å². The molecule has 206 valence electrons. The second kappa shape index (κ2) is 17.1. The predicted octanol–water partition coefficient (Wildman–Crippen LogP) is 3.09. The van der Waals surface area contributed by atoms with Crippen LogP contribution in [0.3, 0.4) is 0 Å². The first-order valence-electron chi connectivity index (χ1n) is 11.9. The average Bonchev–Trinajstić information content (AvgIpc) is 3.36. The van der Waals surface area contributed by atoms with Crippen molar-refractivity contribution in [2.45, 2.75) is 45.2 Å². The van der Waals surface area contributed by atoms with Gasteiger partial charge in [0.1, 0.15) is 12.1 Å². The molecule has 0 aliphatic carbocycles. The molecule has 1 aromatic carbocycles. The summed E-state index contributed by atoms with van der Waals surface area (Å²) in [6.07, 6.45) is 3.79. The number of anilines is 1. The number of aromatic amines is 1. The summed E-state index contributed by atoms with van der Waals surface area (Å²) >= 11 is 11.8. The van der Waals surface area contributed by atoms with Gasteiger partial charge in [-0.15, -0.1) is 35.6 Å². The zero-order valence-electron chi connectivity index (χ0n) is 21.3. The second-order valence-corrected chi connectivity index (χ2v) is 9.58. The SMILES string of the molecule is COC(=O)[C@H](Cc1cnc[nH]1)NC(=O)[C@H](CC(C)C)NC(=O)Cc1ccc(N(CCCl)CCCl)cc1.Cl. The van der Waals surface area contributed by atoms with Crippen molar-refractivity contribution in [3.8, 4) is 0 Å². The van der Waals surface area contributed by atoms with Crippen molar-refractivity contribution in [2.24, 2.45) is 5.92 Å². The Hall–Kier alpha value is -2.49. The van der Waals surface area contributed by atoms with Crippen molar-refractivity contribution >= 4 is 59.1 Å². The van der Waals surface area contributed by atoms with Gasteiger partial charge in [0.25, 0.3) is 0 Å². The second-order valence-electron chi connectivity index (χ2n) is 8.82. The van der Waals surface area contributed by atoms with Gasteiger partial charge in [0.15, 0.2) is 0 Å². The third-order valence-corrected chi connectivity index (χ3v) is 5.85. The predicted molar refractivity (Wildman–Crippen MR) is 149 cm³/mol. The zero-order valence-corrected chi connectivity index (χ0v) is 23.7. The van der Waals surface area contributed by atoms with Crippen LogP contribution in [0.4, 0.5) is 5.69 Å². The van der Waals surface area contributed by atoms with E-state index in [-0.39, 0.29) is 37.1 Å². The molecular weight excluding hydrogens is 541 g/mol. The van der Waals surface area contributed by atoms with Crippen LogP contribution >= 0.6 is 35.6 Å². The summed E-state index contributed by atoms with van der Waals surface area (Å²) in [7, 11) is 1.26. The van der Waals surface area contributed by atoms with E-state index in [1.807, 2.05) is 38.1 Å². The molecular formula is C25H36Cl3N5O4. The Morgan fingerprint density at radius 2 is 1.70 bits per heavy atom. The molecule has 9 nitrogen and oxygen atoms in total. The van der Waals surface area contributed by atoms with Gasteiger partial charge in [0.2, 0.25) is 11.8 Å². The standard InChI is InChI=1S/C25H35Cl2N5O4.ClH/c1-17(2)12-21(24(34)31-22(25(35)36-3)14-19-15-28-16-29-19)30-23(33)13-18-4-6-20(7-5-18)32(10-8-26)11-9-27;/h4-7,15-17,21-22H,8-14H2,1-3H3,(H,28,29)(H,30,33)(H,31,34);1H/t21-,22-;/m0./s1. The number of amides is 2. The van der Waals surface area contributed by atoms with Gasteiger partial charge in [-0.25, -0.2) is 9.78 Å². The van der Waals surface area contributed by atoms with Crippen molar-refractivity contribution in [3.63, 3.8) is 0 Å². The first kappa shape index (κ1) is 32.5. The average molecular weight is 577 g/mol. The van der Waals surface area contributed by atoms with Crippen LogP contribution in [0.5, 0.6) is 0 Å². The summed E-state index contributed by atoms with van der Waals surface area (Å²) < 4.78 is 4.85. The summed E-state index contributed by atoms with van der Waals surface area (Å²) in [6.45, 7) is 5.27. The minimum Gasteiger partial charge on any atom is -0.467 e. The molecule has 2 atom stereocenters.